The van der Waals surface area contributed by atoms with Crippen LogP contribution in [0.5, 0.6) is 0 Å². The molecule has 0 aliphatic heterocycles. The molecule has 1 aliphatic rings. The summed E-state index contributed by atoms with van der Waals surface area (Å²) in [5.41, 5.74) is 0.923. The van der Waals surface area contributed by atoms with E-state index in [-0.39, 0.29) is 0 Å². The van der Waals surface area contributed by atoms with Crippen molar-refractivity contribution in [3.63, 3.8) is 0 Å². The predicted octanol–water partition coefficient (Wildman–Crippen LogP) is 4.02. The Kier molecular flexibility index (Phi) is 3.26. The molecule has 2 aromatic rings. The molecule has 0 bridgehead atoms. The summed E-state index contributed by atoms with van der Waals surface area (Å²) in [7, 11) is 0. The molecule has 1 saturated carbocycles. The first-order valence-corrected chi connectivity index (χ1v) is 7.29. The molecular weight excluding hydrogens is 291 g/mol. The highest BCUT2D eigenvalue weighted by Gasteiger charge is 2.51. The molecule has 1 aromatic heterocycles. The minimum atomic E-state index is -0.546. The van der Waals surface area contributed by atoms with Crippen molar-refractivity contribution in [2.45, 2.75) is 16.0 Å². The van der Waals surface area contributed by atoms with Gasteiger partial charge in [-0.3, -0.25) is 0 Å². The van der Waals surface area contributed by atoms with Crippen molar-refractivity contribution >= 4 is 35.0 Å². The average molecular weight is 301 g/mol. The highest BCUT2D eigenvalue weighted by atomic mass is 35.5. The molecule has 94 valence electrons. The van der Waals surface area contributed by atoms with E-state index in [0.717, 1.165) is 17.7 Å². The quantitative estimate of drug-likeness (QED) is 0.631. The van der Waals surface area contributed by atoms with E-state index in [2.05, 4.69) is 10.2 Å². The molecular formula is C12H10Cl2N2OS. The van der Waals surface area contributed by atoms with Crippen molar-refractivity contribution < 1.29 is 4.42 Å². The summed E-state index contributed by atoms with van der Waals surface area (Å²) in [6.07, 6.45) is 0.836. The maximum Gasteiger partial charge on any atom is 0.276 e. The second-order valence-corrected chi connectivity index (χ2v) is 6.73. The minimum Gasteiger partial charge on any atom is -0.411 e. The van der Waals surface area contributed by atoms with Gasteiger partial charge in [0, 0.05) is 17.2 Å². The van der Waals surface area contributed by atoms with Crippen LogP contribution in [-0.2, 0) is 0 Å². The molecule has 0 radical (unpaired) electrons. The first-order valence-electron chi connectivity index (χ1n) is 5.55. The van der Waals surface area contributed by atoms with Crippen molar-refractivity contribution in [1.82, 2.24) is 10.2 Å². The number of aromatic nitrogens is 2. The number of rotatable bonds is 4. The van der Waals surface area contributed by atoms with Gasteiger partial charge in [0.2, 0.25) is 5.89 Å². The van der Waals surface area contributed by atoms with E-state index in [1.165, 1.54) is 11.8 Å². The number of hydrogen-bond acceptors (Lipinski definition) is 4. The van der Waals surface area contributed by atoms with Crippen molar-refractivity contribution in [1.29, 1.82) is 0 Å². The number of alkyl halides is 2. The Labute approximate surface area is 119 Å². The lowest BCUT2D eigenvalue weighted by molar-refractivity contribution is 0.465. The van der Waals surface area contributed by atoms with Crippen LogP contribution in [0.4, 0.5) is 0 Å². The smallest absolute Gasteiger partial charge is 0.276 e. The van der Waals surface area contributed by atoms with Gasteiger partial charge in [0.1, 0.15) is 4.33 Å². The van der Waals surface area contributed by atoms with Gasteiger partial charge in [0.15, 0.2) is 0 Å². The van der Waals surface area contributed by atoms with Gasteiger partial charge in [-0.1, -0.05) is 30.0 Å². The number of halogens is 2. The van der Waals surface area contributed by atoms with E-state index >= 15 is 0 Å². The number of thioether (sulfide) groups is 1. The second-order valence-electron chi connectivity index (χ2n) is 4.21. The van der Waals surface area contributed by atoms with Crippen molar-refractivity contribution in [2.24, 2.45) is 5.92 Å². The van der Waals surface area contributed by atoms with Gasteiger partial charge in [0.25, 0.3) is 5.22 Å². The number of nitrogens with zero attached hydrogens (tertiary/aromatic N) is 2. The summed E-state index contributed by atoms with van der Waals surface area (Å²) >= 11 is 13.4. The van der Waals surface area contributed by atoms with Crippen LogP contribution in [0.1, 0.15) is 6.42 Å². The van der Waals surface area contributed by atoms with Crippen molar-refractivity contribution in [2.75, 3.05) is 5.75 Å². The van der Waals surface area contributed by atoms with Gasteiger partial charge in [-0.15, -0.1) is 33.4 Å². The first-order chi connectivity index (χ1) is 8.65. The molecule has 0 N–H and O–H groups in total. The molecule has 0 amide bonds. The molecule has 3 rings (SSSR count). The van der Waals surface area contributed by atoms with Gasteiger partial charge in [-0.25, -0.2) is 0 Å². The summed E-state index contributed by atoms with van der Waals surface area (Å²) in [6.45, 7) is 0. The zero-order valence-corrected chi connectivity index (χ0v) is 11.7. The fourth-order valence-electron chi connectivity index (χ4n) is 1.59. The Bertz CT molecular complexity index is 544. The van der Waals surface area contributed by atoms with Crippen LogP contribution < -0.4 is 0 Å². The minimum absolute atomic E-state index is 0.318. The molecule has 0 saturated heterocycles. The van der Waals surface area contributed by atoms with E-state index in [0.29, 0.717) is 17.0 Å². The molecule has 1 heterocycles. The first kappa shape index (κ1) is 12.3. The fraction of sp³-hybridized carbons (Fsp3) is 0.333. The molecule has 1 aliphatic carbocycles. The Morgan fingerprint density at radius 1 is 1.28 bits per heavy atom. The van der Waals surface area contributed by atoms with E-state index in [4.69, 9.17) is 27.6 Å². The molecule has 6 heteroatoms. The van der Waals surface area contributed by atoms with Gasteiger partial charge in [0.05, 0.1) is 0 Å². The maximum absolute atomic E-state index is 5.96. The second kappa shape index (κ2) is 4.76. The van der Waals surface area contributed by atoms with Crippen LogP contribution in [0, 0.1) is 5.92 Å². The zero-order valence-electron chi connectivity index (χ0n) is 9.35. The van der Waals surface area contributed by atoms with Crippen LogP contribution in [0.15, 0.2) is 40.0 Å². The molecule has 3 nitrogen and oxygen atoms in total. The predicted molar refractivity (Wildman–Crippen MR) is 73.0 cm³/mol. The van der Waals surface area contributed by atoms with Crippen molar-refractivity contribution in [3.8, 4) is 11.5 Å². The Morgan fingerprint density at radius 3 is 2.67 bits per heavy atom. The molecule has 0 unspecified atom stereocenters. The third kappa shape index (κ3) is 2.66. The topological polar surface area (TPSA) is 38.9 Å². The molecule has 1 fully saturated rings. The third-order valence-corrected chi connectivity index (χ3v) is 4.70. The van der Waals surface area contributed by atoms with Gasteiger partial charge < -0.3 is 4.42 Å². The SMILES string of the molecule is ClC1(Cl)C[C@@H]1CSc1nnc(-c2ccccc2)o1. The summed E-state index contributed by atoms with van der Waals surface area (Å²) in [6, 6.07) is 9.69. The molecule has 0 spiro atoms. The lowest BCUT2D eigenvalue weighted by Crippen LogP contribution is -1.92. The highest BCUT2D eigenvalue weighted by Crippen LogP contribution is 2.54. The lowest BCUT2D eigenvalue weighted by atomic mass is 10.2. The normalized spacial score (nSPS) is 20.9. The third-order valence-electron chi connectivity index (χ3n) is 2.79. The van der Waals surface area contributed by atoms with Gasteiger partial charge in [-0.05, 0) is 18.6 Å². The summed E-state index contributed by atoms with van der Waals surface area (Å²) < 4.78 is 5.02. The van der Waals surface area contributed by atoms with Gasteiger partial charge >= 0.3 is 0 Å². The van der Waals surface area contributed by atoms with E-state index in [9.17, 15) is 0 Å². The summed E-state index contributed by atoms with van der Waals surface area (Å²) in [5, 5.41) is 8.58. The fourth-order valence-corrected chi connectivity index (χ4v) is 3.28. The van der Waals surface area contributed by atoms with Crippen LogP contribution in [0.3, 0.4) is 0 Å². The number of hydrogen-bond donors (Lipinski definition) is 0. The van der Waals surface area contributed by atoms with E-state index in [1.807, 2.05) is 30.3 Å². The van der Waals surface area contributed by atoms with Crippen molar-refractivity contribution in [3.05, 3.63) is 30.3 Å². The maximum atomic E-state index is 5.96. The Morgan fingerprint density at radius 2 is 2.00 bits per heavy atom. The largest absolute Gasteiger partial charge is 0.411 e. The number of benzene rings is 1. The summed E-state index contributed by atoms with van der Waals surface area (Å²) in [4.78, 5) is 0. The lowest BCUT2D eigenvalue weighted by Gasteiger charge is -1.96. The van der Waals surface area contributed by atoms with Crippen LogP contribution in [0.2, 0.25) is 0 Å². The zero-order chi connectivity index (χ0) is 12.6. The Hall–Kier alpha value is -0.710. The standard InChI is InChI=1S/C12H10Cl2N2OS/c13-12(14)6-9(12)7-18-11-16-15-10(17-11)8-4-2-1-3-5-8/h1-5,9H,6-7H2/t9-/m1/s1. The van der Waals surface area contributed by atoms with E-state index in [1.54, 1.807) is 0 Å². The highest BCUT2D eigenvalue weighted by molar-refractivity contribution is 7.99. The molecule has 1 aromatic carbocycles. The summed E-state index contributed by atoms with van der Waals surface area (Å²) in [5.74, 6) is 1.67. The van der Waals surface area contributed by atoms with Gasteiger partial charge in [-0.2, -0.15) is 0 Å². The van der Waals surface area contributed by atoms with Crippen LogP contribution in [-0.4, -0.2) is 20.3 Å². The monoisotopic (exact) mass is 300 g/mol. The van der Waals surface area contributed by atoms with Crippen LogP contribution in [0.25, 0.3) is 11.5 Å². The average Bonchev–Trinajstić information content (AvgIpc) is 2.79. The Balaban J connectivity index is 1.64. The van der Waals surface area contributed by atoms with E-state index < -0.39 is 4.33 Å². The van der Waals surface area contributed by atoms with Crippen LogP contribution >= 0.6 is 35.0 Å². The molecule has 1 atom stereocenters. The molecule has 18 heavy (non-hydrogen) atoms.